The fourth-order valence-corrected chi connectivity index (χ4v) is 3.24. The predicted octanol–water partition coefficient (Wildman–Crippen LogP) is 5.79. The topological polar surface area (TPSA) is 77.9 Å². The van der Waals surface area contributed by atoms with Crippen LogP contribution in [0.4, 0.5) is 13.2 Å². The molecule has 0 saturated heterocycles. The van der Waals surface area contributed by atoms with Crippen molar-refractivity contribution in [2.24, 2.45) is 5.92 Å². The molecule has 2 aromatic rings. The maximum Gasteiger partial charge on any atom is 0.417 e. The summed E-state index contributed by atoms with van der Waals surface area (Å²) < 4.78 is 54.9. The van der Waals surface area contributed by atoms with Crippen molar-refractivity contribution in [3.05, 3.63) is 46.6 Å². The van der Waals surface area contributed by atoms with E-state index in [4.69, 9.17) is 25.8 Å². The van der Waals surface area contributed by atoms with E-state index in [1.54, 1.807) is 26.0 Å². The number of hydrogen-bond acceptors (Lipinski definition) is 5. The molecule has 2 atom stereocenters. The van der Waals surface area contributed by atoms with E-state index < -0.39 is 29.5 Å². The summed E-state index contributed by atoms with van der Waals surface area (Å²) in [7, 11) is 1.53. The fourth-order valence-electron chi connectivity index (χ4n) is 3.03. The number of carboxylic acids is 1. The van der Waals surface area contributed by atoms with E-state index in [1.165, 1.54) is 13.2 Å². The summed E-state index contributed by atoms with van der Waals surface area (Å²) in [6.07, 6.45) is -3.60. The van der Waals surface area contributed by atoms with Gasteiger partial charge in [-0.15, -0.1) is 0 Å². The molecule has 10 heteroatoms. The molecule has 1 aromatic carbocycles. The molecule has 1 aromatic heterocycles. The monoisotopic (exact) mass is 461 g/mol. The van der Waals surface area contributed by atoms with Crippen LogP contribution in [0.3, 0.4) is 0 Å². The quantitative estimate of drug-likeness (QED) is 0.451. The zero-order valence-electron chi connectivity index (χ0n) is 17.2. The SMILES string of the molecule is CCC(C(=O)O)C(C)c1ccc(OCCOC)cc1Oc1ncc(C(F)(F)F)cc1Cl. The Hall–Kier alpha value is -2.52. The van der Waals surface area contributed by atoms with Crippen molar-refractivity contribution in [1.29, 1.82) is 0 Å². The van der Waals surface area contributed by atoms with Crippen LogP contribution in [0.2, 0.25) is 5.02 Å². The van der Waals surface area contributed by atoms with Gasteiger partial charge >= 0.3 is 12.1 Å². The third-order valence-electron chi connectivity index (χ3n) is 4.73. The second kappa shape index (κ2) is 10.7. The van der Waals surface area contributed by atoms with Gasteiger partial charge in [-0.2, -0.15) is 13.2 Å². The second-order valence-corrected chi connectivity index (χ2v) is 7.20. The highest BCUT2D eigenvalue weighted by Crippen LogP contribution is 2.40. The van der Waals surface area contributed by atoms with Gasteiger partial charge in [0, 0.05) is 19.4 Å². The maximum absolute atomic E-state index is 12.9. The normalized spacial score (nSPS) is 13.5. The van der Waals surface area contributed by atoms with Crippen molar-refractivity contribution in [1.82, 2.24) is 4.98 Å². The van der Waals surface area contributed by atoms with Gasteiger partial charge in [0.1, 0.15) is 23.1 Å². The molecule has 0 radical (unpaired) electrons. The smallest absolute Gasteiger partial charge is 0.417 e. The van der Waals surface area contributed by atoms with Crippen molar-refractivity contribution in [3.8, 4) is 17.4 Å². The molecule has 0 saturated carbocycles. The van der Waals surface area contributed by atoms with Gasteiger partial charge in [-0.05, 0) is 30.0 Å². The number of methoxy groups -OCH3 is 1. The van der Waals surface area contributed by atoms with Gasteiger partial charge in [-0.1, -0.05) is 31.5 Å². The highest BCUT2D eigenvalue weighted by molar-refractivity contribution is 6.31. The van der Waals surface area contributed by atoms with Gasteiger partial charge in [0.25, 0.3) is 0 Å². The Morgan fingerprint density at radius 2 is 1.97 bits per heavy atom. The summed E-state index contributed by atoms with van der Waals surface area (Å²) in [5, 5.41) is 9.19. The van der Waals surface area contributed by atoms with E-state index in [-0.39, 0.29) is 23.3 Å². The number of aromatic nitrogens is 1. The summed E-state index contributed by atoms with van der Waals surface area (Å²) >= 11 is 5.97. The van der Waals surface area contributed by atoms with Crippen LogP contribution in [-0.4, -0.2) is 36.4 Å². The molecule has 1 heterocycles. The molecule has 2 unspecified atom stereocenters. The van der Waals surface area contributed by atoms with Gasteiger partial charge in [-0.25, -0.2) is 4.98 Å². The number of pyridine rings is 1. The third-order valence-corrected chi connectivity index (χ3v) is 5.00. The largest absolute Gasteiger partial charge is 0.491 e. The molecule has 1 N–H and O–H groups in total. The lowest BCUT2D eigenvalue weighted by atomic mass is 9.85. The number of halogens is 4. The Morgan fingerprint density at radius 3 is 2.52 bits per heavy atom. The Balaban J connectivity index is 2.44. The van der Waals surface area contributed by atoms with E-state index in [0.717, 1.165) is 6.07 Å². The molecule has 0 amide bonds. The van der Waals surface area contributed by atoms with Gasteiger partial charge in [0.15, 0.2) is 0 Å². The molecule has 0 fully saturated rings. The van der Waals surface area contributed by atoms with E-state index in [2.05, 4.69) is 4.98 Å². The van der Waals surface area contributed by atoms with Crippen LogP contribution < -0.4 is 9.47 Å². The lowest BCUT2D eigenvalue weighted by Gasteiger charge is -2.22. The lowest BCUT2D eigenvalue weighted by Crippen LogP contribution is -2.20. The molecule has 6 nitrogen and oxygen atoms in total. The Labute approximate surface area is 182 Å². The predicted molar refractivity (Wildman–Crippen MR) is 108 cm³/mol. The molecule has 0 spiro atoms. The molecule has 0 bridgehead atoms. The summed E-state index contributed by atoms with van der Waals surface area (Å²) in [5.41, 5.74) is -0.474. The number of nitrogens with zero attached hydrogens (tertiary/aromatic N) is 1. The molecule has 0 aliphatic carbocycles. The molecule has 0 aliphatic rings. The number of hydrogen-bond donors (Lipinski definition) is 1. The van der Waals surface area contributed by atoms with Crippen LogP contribution in [0.15, 0.2) is 30.5 Å². The van der Waals surface area contributed by atoms with E-state index in [0.29, 0.717) is 30.5 Å². The Bertz CT molecular complexity index is 907. The number of ether oxygens (including phenoxy) is 3. The van der Waals surface area contributed by atoms with Gasteiger partial charge in [0.05, 0.1) is 18.1 Å². The highest BCUT2D eigenvalue weighted by atomic mass is 35.5. The lowest BCUT2D eigenvalue weighted by molar-refractivity contribution is -0.142. The number of alkyl halides is 3. The first-order chi connectivity index (χ1) is 14.6. The molecule has 0 aliphatic heterocycles. The van der Waals surface area contributed by atoms with Crippen LogP contribution in [0.25, 0.3) is 0 Å². The average Bonchev–Trinajstić information content (AvgIpc) is 2.69. The number of aliphatic carboxylic acids is 1. The van der Waals surface area contributed by atoms with Crippen LogP contribution in [0, 0.1) is 5.92 Å². The first kappa shape index (κ1) is 24.7. The fraction of sp³-hybridized carbons (Fsp3) is 0.429. The molecule has 31 heavy (non-hydrogen) atoms. The molecular formula is C21H23ClF3NO5. The first-order valence-electron chi connectivity index (χ1n) is 9.47. The van der Waals surface area contributed by atoms with Crippen LogP contribution in [0.5, 0.6) is 17.4 Å². The Kier molecular flexibility index (Phi) is 8.52. The molecule has 170 valence electrons. The highest BCUT2D eigenvalue weighted by Gasteiger charge is 2.32. The zero-order chi connectivity index (χ0) is 23.2. The van der Waals surface area contributed by atoms with Gasteiger partial charge in [-0.3, -0.25) is 4.79 Å². The van der Waals surface area contributed by atoms with E-state index in [9.17, 15) is 23.1 Å². The summed E-state index contributed by atoms with van der Waals surface area (Å²) in [6, 6.07) is 5.56. The van der Waals surface area contributed by atoms with Crippen molar-refractivity contribution < 1.29 is 37.3 Å². The summed E-state index contributed by atoms with van der Waals surface area (Å²) in [5.74, 6) is -1.75. The van der Waals surface area contributed by atoms with Crippen molar-refractivity contribution >= 4 is 17.6 Å². The average molecular weight is 462 g/mol. The van der Waals surface area contributed by atoms with Crippen molar-refractivity contribution in [2.45, 2.75) is 32.4 Å². The maximum atomic E-state index is 12.9. The minimum atomic E-state index is -4.60. The number of benzene rings is 1. The minimum absolute atomic E-state index is 0.191. The van der Waals surface area contributed by atoms with Crippen LogP contribution in [0.1, 0.15) is 37.3 Å². The van der Waals surface area contributed by atoms with E-state index in [1.807, 2.05) is 0 Å². The number of carbonyl (C=O) groups is 1. The van der Waals surface area contributed by atoms with Crippen molar-refractivity contribution in [2.75, 3.05) is 20.3 Å². The molecular weight excluding hydrogens is 439 g/mol. The second-order valence-electron chi connectivity index (χ2n) is 6.79. The summed E-state index contributed by atoms with van der Waals surface area (Å²) in [4.78, 5) is 15.3. The summed E-state index contributed by atoms with van der Waals surface area (Å²) in [6.45, 7) is 4.10. The number of carboxylic acid groups (broad SMARTS) is 1. The number of rotatable bonds is 10. The molecule has 2 rings (SSSR count). The first-order valence-corrected chi connectivity index (χ1v) is 9.85. The van der Waals surface area contributed by atoms with Gasteiger partial charge in [0.2, 0.25) is 5.88 Å². The minimum Gasteiger partial charge on any atom is -0.491 e. The van der Waals surface area contributed by atoms with Gasteiger partial charge < -0.3 is 19.3 Å². The van der Waals surface area contributed by atoms with Crippen molar-refractivity contribution in [3.63, 3.8) is 0 Å². The standard InChI is InChI=1S/C21H23ClF3NO5/c1-4-15(20(27)28)12(2)16-6-5-14(30-8-7-29-3)10-18(16)31-19-17(22)9-13(11-26-19)21(23,24)25/h5-6,9-12,15H,4,7-8H2,1-3H3,(H,27,28). The van der Waals surface area contributed by atoms with Crippen LogP contribution in [-0.2, 0) is 15.7 Å². The third kappa shape index (κ3) is 6.48. The Morgan fingerprint density at radius 1 is 1.26 bits per heavy atom. The van der Waals surface area contributed by atoms with E-state index >= 15 is 0 Å². The zero-order valence-corrected chi connectivity index (χ0v) is 18.0. The van der Waals surface area contributed by atoms with Crippen LogP contribution >= 0.6 is 11.6 Å².